The minimum Gasteiger partial charge on any atom is -0.490 e. The van der Waals surface area contributed by atoms with Crippen molar-refractivity contribution in [2.75, 3.05) is 0 Å². The maximum Gasteiger partial charge on any atom is 0.258 e. The lowest BCUT2D eigenvalue weighted by Gasteiger charge is -2.46. The van der Waals surface area contributed by atoms with Gasteiger partial charge in [0.25, 0.3) is 5.89 Å². The van der Waals surface area contributed by atoms with Gasteiger partial charge in [-0.3, -0.25) is 0 Å². The number of nitrogens with zero attached hydrogens (tertiary/aromatic N) is 3. The number of nitriles is 1. The summed E-state index contributed by atoms with van der Waals surface area (Å²) in [6.07, 6.45) is 1.73. The molecule has 0 bridgehead atoms. The van der Waals surface area contributed by atoms with Crippen LogP contribution in [0.15, 0.2) is 40.9 Å². The van der Waals surface area contributed by atoms with E-state index in [1.54, 1.807) is 12.1 Å². The second-order valence-electron chi connectivity index (χ2n) is 10.9. The molecule has 1 aliphatic carbocycles. The summed E-state index contributed by atoms with van der Waals surface area (Å²) in [7, 11) is 9.89. The average Bonchev–Trinajstić information content (AvgIpc) is 3.38. The van der Waals surface area contributed by atoms with Crippen molar-refractivity contribution in [3.63, 3.8) is 0 Å². The van der Waals surface area contributed by atoms with Gasteiger partial charge in [0.2, 0.25) is 5.82 Å². The van der Waals surface area contributed by atoms with Crippen LogP contribution in [0.1, 0.15) is 37.0 Å². The van der Waals surface area contributed by atoms with Gasteiger partial charge in [0, 0.05) is 22.0 Å². The largest absolute Gasteiger partial charge is 0.490 e. The van der Waals surface area contributed by atoms with Gasteiger partial charge < -0.3 is 19.7 Å². The Morgan fingerprint density at radius 2 is 1.97 bits per heavy atom. The third-order valence-corrected chi connectivity index (χ3v) is 7.14. The molecule has 174 valence electrons. The molecule has 0 radical (unpaired) electrons. The number of hydrogen-bond acceptors (Lipinski definition) is 7. The minimum absolute atomic E-state index is 0.0302. The minimum atomic E-state index is -0.892. The summed E-state index contributed by atoms with van der Waals surface area (Å²) >= 11 is 0. The predicted octanol–water partition coefficient (Wildman–Crippen LogP) is -1.78. The highest BCUT2D eigenvalue weighted by Gasteiger charge is 2.43. The fourth-order valence-electron chi connectivity index (χ4n) is 4.62. The molecule has 0 aliphatic heterocycles. The lowest BCUT2D eigenvalue weighted by atomic mass is 9.39. The summed E-state index contributed by atoms with van der Waals surface area (Å²) in [6.45, 7) is 3.84. The van der Waals surface area contributed by atoms with E-state index < -0.39 is 10.7 Å². The van der Waals surface area contributed by atoms with Crippen molar-refractivity contribution in [2.45, 2.75) is 49.0 Å². The average molecular weight is 464 g/mol. The lowest BCUT2D eigenvalue weighted by molar-refractivity contribution is 0.164. The van der Waals surface area contributed by atoms with Crippen molar-refractivity contribution in [3.05, 3.63) is 53.1 Å². The number of nitrogens with one attached hydrogen (secondary N) is 1. The van der Waals surface area contributed by atoms with E-state index in [0.29, 0.717) is 28.6 Å². The number of aliphatic hydroxyl groups is 1. The van der Waals surface area contributed by atoms with E-state index in [9.17, 15) is 10.4 Å². The number of aromatic nitrogens is 2. The maximum atomic E-state index is 10.7. The topological polar surface area (TPSA) is 104 Å². The molecule has 1 heterocycles. The molecule has 0 spiro atoms. The van der Waals surface area contributed by atoms with Crippen LogP contribution < -0.4 is 10.1 Å². The highest BCUT2D eigenvalue weighted by molar-refractivity contribution is 6.53. The highest BCUT2D eigenvalue weighted by Crippen LogP contribution is 2.41. The van der Waals surface area contributed by atoms with E-state index in [1.807, 2.05) is 63.4 Å². The van der Waals surface area contributed by atoms with Crippen molar-refractivity contribution in [1.82, 2.24) is 15.5 Å². The van der Waals surface area contributed by atoms with Crippen LogP contribution in [0.3, 0.4) is 0 Å². The van der Waals surface area contributed by atoms with Crippen LogP contribution in [-0.4, -0.2) is 71.3 Å². The highest BCUT2D eigenvalue weighted by atomic mass is 16.5. The van der Waals surface area contributed by atoms with Crippen LogP contribution in [0.5, 0.6) is 5.75 Å². The standard InChI is InChI=1S/C23H29B5N4O3/c1-12(2)34-18-7-6-13(10-14(18)11-29)20-30-19(31-35-20)16-4-3-5-17-15(16)8-9-21(17,24)32-22(25,26)23(27,28)33/h3-7,10,12,32-33H,8-9,24-28H2,1-2H3/t21-/m0/s1. The SMILES string of the molecule is BC(B)(O)C(B)(B)N[C@@]1(B)CCc2c(-c3noc(-c4ccc(OC(C)C)c(C#N)c4)n3)cccc21. The monoisotopic (exact) mass is 464 g/mol. The van der Waals surface area contributed by atoms with Crippen LogP contribution in [0.2, 0.25) is 0 Å². The molecule has 35 heavy (non-hydrogen) atoms. The van der Waals surface area contributed by atoms with E-state index in [-0.39, 0.29) is 11.5 Å². The van der Waals surface area contributed by atoms with Crippen LogP contribution in [0, 0.1) is 11.3 Å². The van der Waals surface area contributed by atoms with Crippen LogP contribution in [0.4, 0.5) is 0 Å². The van der Waals surface area contributed by atoms with Gasteiger partial charge in [0.15, 0.2) is 0 Å². The van der Waals surface area contributed by atoms with Crippen molar-refractivity contribution in [2.24, 2.45) is 0 Å². The summed E-state index contributed by atoms with van der Waals surface area (Å²) in [5.74, 6) is 1.41. The zero-order chi connectivity index (χ0) is 25.6. The summed E-state index contributed by atoms with van der Waals surface area (Å²) in [5.41, 5.74) is 4.09. The molecule has 1 aromatic heterocycles. The first-order chi connectivity index (χ1) is 16.3. The summed E-state index contributed by atoms with van der Waals surface area (Å²) < 4.78 is 11.3. The molecule has 1 aliphatic rings. The first-order valence-electron chi connectivity index (χ1n) is 12.0. The second-order valence-corrected chi connectivity index (χ2v) is 10.9. The van der Waals surface area contributed by atoms with Crippen LogP contribution in [0.25, 0.3) is 22.8 Å². The Labute approximate surface area is 211 Å². The summed E-state index contributed by atoms with van der Waals surface area (Å²) in [5, 5.41) is 26.8. The van der Waals surface area contributed by atoms with Gasteiger partial charge in [-0.05, 0) is 61.4 Å². The first kappa shape index (κ1) is 25.2. The maximum absolute atomic E-state index is 10.7. The molecule has 7 nitrogen and oxygen atoms in total. The Hall–Kier alpha value is -2.89. The fraction of sp³-hybridized carbons (Fsp3) is 0.348. The predicted molar refractivity (Wildman–Crippen MR) is 149 cm³/mol. The smallest absolute Gasteiger partial charge is 0.258 e. The number of ether oxygens (including phenoxy) is 1. The molecular formula is C23H29B5N4O3. The van der Waals surface area contributed by atoms with E-state index >= 15 is 0 Å². The number of fused-ring (bicyclic) bond motifs is 1. The zero-order valence-corrected chi connectivity index (χ0v) is 21.6. The second kappa shape index (κ2) is 8.96. The summed E-state index contributed by atoms with van der Waals surface area (Å²) in [4.78, 5) is 4.67. The Morgan fingerprint density at radius 1 is 1.23 bits per heavy atom. The number of benzene rings is 2. The molecule has 4 rings (SSSR count). The Morgan fingerprint density at radius 3 is 2.63 bits per heavy atom. The quantitative estimate of drug-likeness (QED) is 0.399. The van der Waals surface area contributed by atoms with Gasteiger partial charge in [-0.25, -0.2) is 0 Å². The number of rotatable bonds is 7. The normalized spacial score (nSPS) is 17.8. The van der Waals surface area contributed by atoms with Crippen LogP contribution >= 0.6 is 0 Å². The summed E-state index contributed by atoms with van der Waals surface area (Å²) in [6, 6.07) is 13.6. The van der Waals surface area contributed by atoms with Gasteiger partial charge >= 0.3 is 0 Å². The van der Waals surface area contributed by atoms with Gasteiger partial charge in [-0.15, -0.1) is 0 Å². The van der Waals surface area contributed by atoms with E-state index in [2.05, 4.69) is 35.4 Å². The van der Waals surface area contributed by atoms with Crippen LogP contribution in [-0.2, 0) is 11.9 Å². The Bertz CT molecular complexity index is 1300. The molecule has 0 saturated heterocycles. The van der Waals surface area contributed by atoms with E-state index in [0.717, 1.165) is 18.4 Å². The van der Waals surface area contributed by atoms with Gasteiger partial charge in [0.05, 0.1) is 11.7 Å². The zero-order valence-electron chi connectivity index (χ0n) is 21.6. The molecule has 2 aromatic carbocycles. The van der Waals surface area contributed by atoms with Gasteiger partial charge in [-0.2, -0.15) is 10.2 Å². The number of hydrogen-bond donors (Lipinski definition) is 2. The van der Waals surface area contributed by atoms with Crippen molar-refractivity contribution >= 4 is 39.2 Å². The fourth-order valence-corrected chi connectivity index (χ4v) is 4.62. The Balaban J connectivity index is 1.67. The molecule has 1 atom stereocenters. The van der Waals surface area contributed by atoms with E-state index in [4.69, 9.17) is 9.26 Å². The molecular weight excluding hydrogens is 434 g/mol. The lowest BCUT2D eigenvalue weighted by Crippen LogP contribution is -2.69. The third-order valence-electron chi connectivity index (χ3n) is 7.14. The molecule has 12 heteroatoms. The Kier molecular flexibility index (Phi) is 6.46. The molecule has 0 saturated carbocycles. The first-order valence-corrected chi connectivity index (χ1v) is 12.0. The van der Waals surface area contributed by atoms with E-state index in [1.165, 1.54) is 11.1 Å². The molecule has 2 N–H and O–H groups in total. The van der Waals surface area contributed by atoms with Gasteiger partial charge in [0.1, 0.15) is 51.1 Å². The molecule has 3 aromatic rings. The molecule has 0 amide bonds. The molecule has 0 unspecified atom stereocenters. The van der Waals surface area contributed by atoms with Gasteiger partial charge in [-0.1, -0.05) is 23.4 Å². The third kappa shape index (κ3) is 4.80. The van der Waals surface area contributed by atoms with Crippen molar-refractivity contribution in [1.29, 1.82) is 5.26 Å². The van der Waals surface area contributed by atoms with Crippen molar-refractivity contribution < 1.29 is 14.4 Å². The molecule has 0 fully saturated rings. The van der Waals surface area contributed by atoms with Crippen molar-refractivity contribution in [3.8, 4) is 34.7 Å².